The molecule has 1 aliphatic heterocycles. The Morgan fingerprint density at radius 1 is 1.80 bits per heavy atom. The van der Waals surface area contributed by atoms with Crippen LogP contribution in [0.1, 0.15) is 13.3 Å². The molecule has 1 heterocycles. The van der Waals surface area contributed by atoms with Gasteiger partial charge in [0.05, 0.1) is 6.61 Å². The lowest BCUT2D eigenvalue weighted by Gasteiger charge is -2.13. The molecule has 1 aliphatic rings. The Bertz CT molecular complexity index is 136. The lowest BCUT2D eigenvalue weighted by Crippen LogP contribution is -2.27. The summed E-state index contributed by atoms with van der Waals surface area (Å²) in [6.07, 6.45) is 0.653. The van der Waals surface area contributed by atoms with Crippen molar-refractivity contribution in [3.05, 3.63) is 0 Å². The minimum absolute atomic E-state index is 0.0818. The topological polar surface area (TPSA) is 40.5 Å². The minimum Gasteiger partial charge on any atom is -0.395 e. The van der Waals surface area contributed by atoms with Crippen molar-refractivity contribution in [1.29, 1.82) is 0 Å². The molecule has 3 heteroatoms. The number of amides is 1. The van der Waals surface area contributed by atoms with Crippen molar-refractivity contribution in [1.82, 2.24) is 4.90 Å². The van der Waals surface area contributed by atoms with Gasteiger partial charge in [0.15, 0.2) is 0 Å². The number of aliphatic hydroxyl groups is 1. The van der Waals surface area contributed by atoms with Gasteiger partial charge in [-0.15, -0.1) is 0 Å². The zero-order valence-corrected chi connectivity index (χ0v) is 6.21. The summed E-state index contributed by atoms with van der Waals surface area (Å²) in [4.78, 5) is 12.7. The number of β-amino-alcohol motifs (C(OH)–C–C–N with tert-alkyl or cyclic N) is 1. The summed E-state index contributed by atoms with van der Waals surface area (Å²) in [7, 11) is 0. The summed E-state index contributed by atoms with van der Waals surface area (Å²) in [5.41, 5.74) is 0. The predicted octanol–water partition coefficient (Wildman–Crippen LogP) is -0.153. The molecule has 0 bridgehead atoms. The molecule has 0 spiro atoms. The summed E-state index contributed by atoms with van der Waals surface area (Å²) < 4.78 is 0. The summed E-state index contributed by atoms with van der Waals surface area (Å²) in [5, 5.41) is 8.54. The highest BCUT2D eigenvalue weighted by Crippen LogP contribution is 2.15. The van der Waals surface area contributed by atoms with Crippen LogP contribution in [0.25, 0.3) is 0 Å². The van der Waals surface area contributed by atoms with Crippen molar-refractivity contribution in [2.24, 2.45) is 5.92 Å². The molecule has 10 heavy (non-hydrogen) atoms. The lowest BCUT2D eigenvalue weighted by molar-refractivity contribution is -0.128. The van der Waals surface area contributed by atoms with Crippen LogP contribution in [0.5, 0.6) is 0 Å². The van der Waals surface area contributed by atoms with Crippen molar-refractivity contribution >= 4 is 5.91 Å². The van der Waals surface area contributed by atoms with Gasteiger partial charge in [-0.3, -0.25) is 4.79 Å². The molecule has 0 radical (unpaired) electrons. The second-order valence-electron chi connectivity index (χ2n) is 2.87. The van der Waals surface area contributed by atoms with Gasteiger partial charge in [0.2, 0.25) is 5.91 Å². The van der Waals surface area contributed by atoms with Crippen molar-refractivity contribution in [3.63, 3.8) is 0 Å². The molecular formula is C7H13NO2. The van der Waals surface area contributed by atoms with Crippen LogP contribution in [0.2, 0.25) is 0 Å². The molecule has 1 N–H and O–H groups in total. The predicted molar refractivity (Wildman–Crippen MR) is 37.4 cm³/mol. The molecule has 0 saturated carbocycles. The third-order valence-electron chi connectivity index (χ3n) is 1.78. The van der Waals surface area contributed by atoms with E-state index in [1.165, 1.54) is 0 Å². The van der Waals surface area contributed by atoms with Crippen molar-refractivity contribution in [2.75, 3.05) is 19.7 Å². The van der Waals surface area contributed by atoms with E-state index in [1.807, 2.05) is 0 Å². The third-order valence-corrected chi connectivity index (χ3v) is 1.78. The zero-order chi connectivity index (χ0) is 7.56. The van der Waals surface area contributed by atoms with Gasteiger partial charge < -0.3 is 10.0 Å². The van der Waals surface area contributed by atoms with E-state index >= 15 is 0 Å². The first-order chi connectivity index (χ1) is 4.74. The molecular weight excluding hydrogens is 130 g/mol. The molecule has 1 atom stereocenters. The second kappa shape index (κ2) is 3.01. The second-order valence-corrected chi connectivity index (χ2v) is 2.87. The van der Waals surface area contributed by atoms with E-state index in [0.717, 1.165) is 6.54 Å². The van der Waals surface area contributed by atoms with E-state index in [0.29, 0.717) is 18.9 Å². The first-order valence-corrected chi connectivity index (χ1v) is 3.62. The van der Waals surface area contributed by atoms with Crippen LogP contribution in [-0.4, -0.2) is 35.6 Å². The largest absolute Gasteiger partial charge is 0.395 e. The number of hydrogen-bond donors (Lipinski definition) is 1. The number of rotatable bonds is 2. The third kappa shape index (κ3) is 1.48. The van der Waals surface area contributed by atoms with Crippen LogP contribution in [0.15, 0.2) is 0 Å². The average Bonchev–Trinajstić information content (AvgIpc) is 2.13. The molecule has 0 aromatic heterocycles. The number of hydrogen-bond acceptors (Lipinski definition) is 2. The molecule has 3 nitrogen and oxygen atoms in total. The maximum Gasteiger partial charge on any atom is 0.222 e. The fourth-order valence-corrected chi connectivity index (χ4v) is 1.31. The minimum atomic E-state index is 0.0818. The quantitative estimate of drug-likeness (QED) is 0.584. The number of nitrogens with zero attached hydrogens (tertiary/aromatic N) is 1. The fraction of sp³-hybridized carbons (Fsp3) is 0.857. The normalized spacial score (nSPS) is 26.0. The molecule has 1 fully saturated rings. The van der Waals surface area contributed by atoms with Gasteiger partial charge in [-0.2, -0.15) is 0 Å². The molecule has 58 valence electrons. The Labute approximate surface area is 60.6 Å². The fourth-order valence-electron chi connectivity index (χ4n) is 1.31. The Kier molecular flexibility index (Phi) is 2.27. The standard InChI is InChI=1S/C7H13NO2/c1-6-4-7(10)8(5-6)2-3-9/h6,9H,2-5H2,1H3. The van der Waals surface area contributed by atoms with Crippen molar-refractivity contribution in [2.45, 2.75) is 13.3 Å². The van der Waals surface area contributed by atoms with Crippen LogP contribution < -0.4 is 0 Å². The Morgan fingerprint density at radius 2 is 2.50 bits per heavy atom. The van der Waals surface area contributed by atoms with Gasteiger partial charge in [0.25, 0.3) is 0 Å². The van der Waals surface area contributed by atoms with E-state index in [1.54, 1.807) is 4.90 Å². The summed E-state index contributed by atoms with van der Waals surface area (Å²) in [5.74, 6) is 0.653. The van der Waals surface area contributed by atoms with Gasteiger partial charge in [0, 0.05) is 19.5 Å². The van der Waals surface area contributed by atoms with E-state index in [-0.39, 0.29) is 12.5 Å². The Balaban J connectivity index is 2.39. The van der Waals surface area contributed by atoms with E-state index in [4.69, 9.17) is 5.11 Å². The van der Waals surface area contributed by atoms with Crippen LogP contribution in [0.4, 0.5) is 0 Å². The summed E-state index contributed by atoms with van der Waals surface area (Å²) in [6.45, 7) is 3.45. The molecule has 1 amide bonds. The van der Waals surface area contributed by atoms with Gasteiger partial charge in [-0.25, -0.2) is 0 Å². The monoisotopic (exact) mass is 143 g/mol. The van der Waals surface area contributed by atoms with E-state index in [2.05, 4.69) is 6.92 Å². The highest BCUT2D eigenvalue weighted by molar-refractivity contribution is 5.78. The van der Waals surface area contributed by atoms with Crippen LogP contribution in [0, 0.1) is 5.92 Å². The number of carbonyl (C=O) groups excluding carboxylic acids is 1. The number of carbonyl (C=O) groups is 1. The first-order valence-electron chi connectivity index (χ1n) is 3.62. The van der Waals surface area contributed by atoms with Crippen molar-refractivity contribution < 1.29 is 9.90 Å². The van der Waals surface area contributed by atoms with E-state index in [9.17, 15) is 4.79 Å². The number of aliphatic hydroxyl groups excluding tert-OH is 1. The summed E-state index contributed by atoms with van der Waals surface area (Å²) in [6, 6.07) is 0. The Hall–Kier alpha value is -0.570. The summed E-state index contributed by atoms with van der Waals surface area (Å²) >= 11 is 0. The highest BCUT2D eigenvalue weighted by atomic mass is 16.3. The van der Waals surface area contributed by atoms with Crippen molar-refractivity contribution in [3.8, 4) is 0 Å². The van der Waals surface area contributed by atoms with E-state index < -0.39 is 0 Å². The molecule has 0 aromatic rings. The van der Waals surface area contributed by atoms with Gasteiger partial charge in [-0.1, -0.05) is 6.92 Å². The van der Waals surface area contributed by atoms with Gasteiger partial charge in [-0.05, 0) is 5.92 Å². The van der Waals surface area contributed by atoms with Crippen LogP contribution >= 0.6 is 0 Å². The molecule has 0 aliphatic carbocycles. The molecule has 0 aromatic carbocycles. The smallest absolute Gasteiger partial charge is 0.222 e. The first kappa shape index (κ1) is 7.54. The molecule has 1 rings (SSSR count). The van der Waals surface area contributed by atoms with Gasteiger partial charge >= 0.3 is 0 Å². The zero-order valence-electron chi connectivity index (χ0n) is 6.21. The highest BCUT2D eigenvalue weighted by Gasteiger charge is 2.25. The average molecular weight is 143 g/mol. The van der Waals surface area contributed by atoms with Crippen LogP contribution in [-0.2, 0) is 4.79 Å². The maximum atomic E-state index is 11.0. The van der Waals surface area contributed by atoms with Crippen LogP contribution in [0.3, 0.4) is 0 Å². The Morgan fingerprint density at radius 3 is 2.90 bits per heavy atom. The lowest BCUT2D eigenvalue weighted by atomic mass is 10.2. The maximum absolute atomic E-state index is 11.0. The van der Waals surface area contributed by atoms with Gasteiger partial charge in [0.1, 0.15) is 0 Å². The molecule has 1 saturated heterocycles. The molecule has 1 unspecified atom stereocenters. The number of likely N-dealkylation sites (tertiary alicyclic amines) is 1. The SMILES string of the molecule is CC1CC(=O)N(CCO)C1.